The molecule has 0 radical (unpaired) electrons. The highest BCUT2D eigenvalue weighted by atomic mass is 16.5. The highest BCUT2D eigenvalue weighted by Crippen LogP contribution is 2.29. The second-order valence-electron chi connectivity index (χ2n) is 11.1. The van der Waals surface area contributed by atoms with Crippen molar-refractivity contribution in [1.29, 1.82) is 0 Å². The number of benzene rings is 1. The van der Waals surface area contributed by atoms with E-state index in [4.69, 9.17) is 4.74 Å². The molecule has 1 aliphatic rings. The summed E-state index contributed by atoms with van der Waals surface area (Å²) in [5.41, 5.74) is 2.49. The third-order valence-electron chi connectivity index (χ3n) is 7.91. The molecular weight excluding hydrogens is 440 g/mol. The summed E-state index contributed by atoms with van der Waals surface area (Å²) in [7, 11) is 0. The summed E-state index contributed by atoms with van der Waals surface area (Å²) in [6.45, 7) is 3.04. The molecule has 1 heterocycles. The van der Waals surface area contributed by atoms with Crippen molar-refractivity contribution in [3.8, 4) is 17.1 Å². The Morgan fingerprint density at radius 3 is 1.94 bits per heavy atom. The fraction of sp³-hybridized carbons (Fsp3) is 0.697. The molecule has 0 spiro atoms. The van der Waals surface area contributed by atoms with E-state index in [1.54, 1.807) is 0 Å². The fourth-order valence-corrected chi connectivity index (χ4v) is 5.55. The summed E-state index contributed by atoms with van der Waals surface area (Å²) in [4.78, 5) is 9.08. The minimum atomic E-state index is 0.762. The third kappa shape index (κ3) is 11.9. The van der Waals surface area contributed by atoms with Gasteiger partial charge in [-0.2, -0.15) is 0 Å². The van der Waals surface area contributed by atoms with Crippen LogP contribution in [-0.2, 0) is 6.42 Å². The Hall–Kier alpha value is -1.90. The number of aryl methyl sites for hydroxylation is 1. The maximum absolute atomic E-state index is 5.88. The predicted molar refractivity (Wildman–Crippen MR) is 154 cm³/mol. The lowest BCUT2D eigenvalue weighted by molar-refractivity contribution is 0.302. The molecule has 1 saturated carbocycles. The Labute approximate surface area is 221 Å². The Kier molecular flexibility index (Phi) is 14.6. The van der Waals surface area contributed by atoms with Crippen LogP contribution in [0.5, 0.6) is 5.75 Å². The first kappa shape index (κ1) is 28.7. The van der Waals surface area contributed by atoms with Crippen LogP contribution in [0.3, 0.4) is 0 Å². The number of nitrogens with zero attached hydrogens (tertiary/aromatic N) is 2. The van der Waals surface area contributed by atoms with Crippen molar-refractivity contribution in [2.75, 3.05) is 6.61 Å². The van der Waals surface area contributed by atoms with E-state index in [1.807, 2.05) is 12.4 Å². The molecule has 0 atom stereocenters. The van der Waals surface area contributed by atoms with Crippen LogP contribution in [0.15, 0.2) is 36.7 Å². The molecule has 0 amide bonds. The van der Waals surface area contributed by atoms with Crippen LogP contribution in [0.4, 0.5) is 0 Å². The largest absolute Gasteiger partial charge is 0.490 e. The summed E-state index contributed by atoms with van der Waals surface area (Å²) >= 11 is 0. The Morgan fingerprint density at radius 2 is 1.28 bits per heavy atom. The van der Waals surface area contributed by atoms with E-state index < -0.39 is 0 Å². The molecule has 1 aliphatic carbocycles. The van der Waals surface area contributed by atoms with Crippen LogP contribution in [0.2, 0.25) is 0 Å². The predicted octanol–water partition coefficient (Wildman–Crippen LogP) is 10.1. The molecule has 3 rings (SSSR count). The van der Waals surface area contributed by atoms with Crippen LogP contribution in [0.25, 0.3) is 11.4 Å². The van der Waals surface area contributed by atoms with Crippen molar-refractivity contribution in [2.45, 2.75) is 135 Å². The Bertz CT molecular complexity index is 780. The van der Waals surface area contributed by atoms with Crippen molar-refractivity contribution in [1.82, 2.24) is 9.97 Å². The second kappa shape index (κ2) is 18.4. The van der Waals surface area contributed by atoms with Gasteiger partial charge in [0.25, 0.3) is 0 Å². The number of rotatable bonds is 20. The number of hydrogen-bond acceptors (Lipinski definition) is 3. The zero-order valence-corrected chi connectivity index (χ0v) is 23.2. The van der Waals surface area contributed by atoms with Gasteiger partial charge in [-0.3, -0.25) is 0 Å². The van der Waals surface area contributed by atoms with Gasteiger partial charge in [-0.05, 0) is 30.7 Å². The van der Waals surface area contributed by atoms with Gasteiger partial charge in [-0.15, -0.1) is 0 Å². The number of unbranched alkanes of at least 4 members (excludes halogenated alkanes) is 12. The first-order valence-corrected chi connectivity index (χ1v) is 15.4. The van der Waals surface area contributed by atoms with E-state index in [-0.39, 0.29) is 0 Å². The van der Waals surface area contributed by atoms with Crippen molar-refractivity contribution < 1.29 is 4.74 Å². The summed E-state index contributed by atoms with van der Waals surface area (Å²) < 4.78 is 5.88. The maximum atomic E-state index is 5.88. The van der Waals surface area contributed by atoms with Gasteiger partial charge in [0, 0.05) is 5.56 Å². The standard InChI is InChI=1S/C33H52N2O/c1-2-3-4-5-7-10-14-19-30-22-24-31(25-23-30)33-34-27-32(28-35-33)36-26-17-12-9-6-8-11-13-18-29-20-15-16-21-29/h22-25,27-29H,2-21,26H2,1H3. The zero-order valence-electron chi connectivity index (χ0n) is 23.2. The molecule has 0 saturated heterocycles. The van der Waals surface area contributed by atoms with E-state index in [0.717, 1.165) is 36.1 Å². The average molecular weight is 493 g/mol. The molecular formula is C33H52N2O. The van der Waals surface area contributed by atoms with Gasteiger partial charge in [0.2, 0.25) is 0 Å². The van der Waals surface area contributed by atoms with E-state index in [2.05, 4.69) is 41.2 Å². The van der Waals surface area contributed by atoms with Crippen LogP contribution in [0, 0.1) is 5.92 Å². The lowest BCUT2D eigenvalue weighted by atomic mass is 9.99. The van der Waals surface area contributed by atoms with Crippen molar-refractivity contribution >= 4 is 0 Å². The molecule has 0 N–H and O–H groups in total. The van der Waals surface area contributed by atoms with Gasteiger partial charge in [-0.25, -0.2) is 9.97 Å². The van der Waals surface area contributed by atoms with Gasteiger partial charge in [-0.1, -0.05) is 140 Å². The lowest BCUT2D eigenvalue weighted by Gasteiger charge is -2.08. The van der Waals surface area contributed by atoms with E-state index in [0.29, 0.717) is 0 Å². The maximum Gasteiger partial charge on any atom is 0.159 e. The summed E-state index contributed by atoms with van der Waals surface area (Å²) in [6, 6.07) is 8.77. The molecule has 2 aromatic rings. The SMILES string of the molecule is CCCCCCCCCc1ccc(-c2ncc(OCCCCCCCCCC3CCCC3)cn2)cc1. The smallest absolute Gasteiger partial charge is 0.159 e. The normalized spacial score (nSPS) is 13.9. The minimum absolute atomic E-state index is 0.762. The van der Waals surface area contributed by atoms with Gasteiger partial charge in [0.1, 0.15) is 0 Å². The Balaban J connectivity index is 1.20. The monoisotopic (exact) mass is 492 g/mol. The molecule has 0 aliphatic heterocycles. The van der Waals surface area contributed by atoms with Crippen LogP contribution < -0.4 is 4.74 Å². The van der Waals surface area contributed by atoms with Gasteiger partial charge < -0.3 is 4.74 Å². The number of ether oxygens (including phenoxy) is 1. The lowest BCUT2D eigenvalue weighted by Crippen LogP contribution is -1.99. The molecule has 0 unspecified atom stereocenters. The summed E-state index contributed by atoms with van der Waals surface area (Å²) in [6.07, 6.45) is 31.1. The number of hydrogen-bond donors (Lipinski definition) is 0. The van der Waals surface area contributed by atoms with Crippen molar-refractivity contribution in [3.63, 3.8) is 0 Å². The highest BCUT2D eigenvalue weighted by molar-refractivity contribution is 5.55. The van der Waals surface area contributed by atoms with Crippen molar-refractivity contribution in [2.24, 2.45) is 5.92 Å². The molecule has 3 heteroatoms. The minimum Gasteiger partial charge on any atom is -0.490 e. The van der Waals surface area contributed by atoms with Crippen LogP contribution in [0.1, 0.15) is 134 Å². The molecule has 1 aromatic heterocycles. The van der Waals surface area contributed by atoms with Crippen LogP contribution in [-0.4, -0.2) is 16.6 Å². The molecule has 200 valence electrons. The van der Waals surface area contributed by atoms with E-state index in [1.165, 1.54) is 128 Å². The summed E-state index contributed by atoms with van der Waals surface area (Å²) in [5.74, 6) is 2.62. The van der Waals surface area contributed by atoms with Gasteiger partial charge >= 0.3 is 0 Å². The fourth-order valence-electron chi connectivity index (χ4n) is 5.55. The molecule has 0 bridgehead atoms. The topological polar surface area (TPSA) is 35.0 Å². The molecule has 1 fully saturated rings. The Morgan fingerprint density at radius 1 is 0.694 bits per heavy atom. The van der Waals surface area contributed by atoms with Gasteiger partial charge in [0.05, 0.1) is 19.0 Å². The third-order valence-corrected chi connectivity index (χ3v) is 7.91. The van der Waals surface area contributed by atoms with Gasteiger partial charge in [0.15, 0.2) is 11.6 Å². The molecule has 36 heavy (non-hydrogen) atoms. The molecule has 3 nitrogen and oxygen atoms in total. The van der Waals surface area contributed by atoms with Crippen LogP contribution >= 0.6 is 0 Å². The number of aromatic nitrogens is 2. The van der Waals surface area contributed by atoms with E-state index in [9.17, 15) is 0 Å². The zero-order chi connectivity index (χ0) is 25.1. The highest BCUT2D eigenvalue weighted by Gasteiger charge is 2.13. The average Bonchev–Trinajstić information content (AvgIpc) is 3.44. The molecule has 1 aromatic carbocycles. The first-order chi connectivity index (χ1) is 17.8. The second-order valence-corrected chi connectivity index (χ2v) is 11.1. The van der Waals surface area contributed by atoms with E-state index >= 15 is 0 Å². The first-order valence-electron chi connectivity index (χ1n) is 15.4. The summed E-state index contributed by atoms with van der Waals surface area (Å²) in [5, 5.41) is 0. The van der Waals surface area contributed by atoms with Crippen molar-refractivity contribution in [3.05, 3.63) is 42.2 Å². The quantitative estimate of drug-likeness (QED) is 0.172.